The van der Waals surface area contributed by atoms with E-state index in [1.807, 2.05) is 37.4 Å². The monoisotopic (exact) mass is 350 g/mol. The first-order valence-electron chi connectivity index (χ1n) is 7.04. The maximum Gasteiger partial charge on any atom is 0.118 e. The molecule has 0 saturated heterocycles. The first-order valence-corrected chi connectivity index (χ1v) is 7.92. The minimum absolute atomic E-state index is 0. The summed E-state index contributed by atoms with van der Waals surface area (Å²) in [5.74, 6) is 0.849. The molecule has 0 aliphatic heterocycles. The topological polar surface area (TPSA) is 62.8 Å². The van der Waals surface area contributed by atoms with Crippen molar-refractivity contribution < 1.29 is 4.74 Å². The van der Waals surface area contributed by atoms with E-state index in [1.165, 1.54) is 0 Å². The van der Waals surface area contributed by atoms with Gasteiger partial charge < -0.3 is 10.1 Å². The smallest absolute Gasteiger partial charge is 0.118 e. The molecule has 3 rings (SSSR count). The van der Waals surface area contributed by atoms with Crippen molar-refractivity contribution in [2.24, 2.45) is 0 Å². The summed E-state index contributed by atoms with van der Waals surface area (Å²) in [6, 6.07) is 7.96. The maximum atomic E-state index is 5.19. The van der Waals surface area contributed by atoms with E-state index in [4.69, 9.17) is 4.74 Å². The lowest BCUT2D eigenvalue weighted by molar-refractivity contribution is 0.415. The zero-order valence-corrected chi connectivity index (χ0v) is 14.6. The van der Waals surface area contributed by atoms with Gasteiger partial charge in [0.2, 0.25) is 0 Å². The second-order valence-electron chi connectivity index (χ2n) is 4.98. The molecular weight excluding hydrogens is 332 g/mol. The molecule has 3 aromatic rings. The average molecular weight is 351 g/mol. The fraction of sp³-hybridized carbons (Fsp3) is 0.250. The van der Waals surface area contributed by atoms with Gasteiger partial charge in [0.25, 0.3) is 0 Å². The zero-order chi connectivity index (χ0) is 15.4. The predicted octanol–water partition coefficient (Wildman–Crippen LogP) is 3.56. The van der Waals surface area contributed by atoms with E-state index < -0.39 is 0 Å². The van der Waals surface area contributed by atoms with Crippen LogP contribution in [0.2, 0.25) is 0 Å². The van der Waals surface area contributed by atoms with Crippen LogP contribution in [0.3, 0.4) is 0 Å². The van der Waals surface area contributed by atoms with Crippen molar-refractivity contribution in [3.63, 3.8) is 0 Å². The van der Waals surface area contributed by atoms with Crippen molar-refractivity contribution in [2.45, 2.75) is 20.0 Å². The Morgan fingerprint density at radius 1 is 1.22 bits per heavy atom. The number of benzene rings is 1. The second kappa shape index (κ2) is 8.10. The van der Waals surface area contributed by atoms with Crippen LogP contribution in [0.1, 0.15) is 16.3 Å². The van der Waals surface area contributed by atoms with Crippen molar-refractivity contribution >= 4 is 23.7 Å². The number of halogens is 1. The van der Waals surface area contributed by atoms with Crippen LogP contribution in [0.4, 0.5) is 0 Å². The van der Waals surface area contributed by atoms with Gasteiger partial charge in [-0.1, -0.05) is 0 Å². The first-order chi connectivity index (χ1) is 10.8. The molecule has 0 unspecified atom stereocenters. The molecule has 0 saturated carbocycles. The van der Waals surface area contributed by atoms with Gasteiger partial charge >= 0.3 is 0 Å². The van der Waals surface area contributed by atoms with Gasteiger partial charge in [-0.25, -0.2) is 4.98 Å². The fourth-order valence-electron chi connectivity index (χ4n) is 2.24. The number of nitrogens with zero attached hydrogens (tertiary/aromatic N) is 2. The summed E-state index contributed by atoms with van der Waals surface area (Å²) < 4.78 is 5.19. The van der Waals surface area contributed by atoms with Crippen LogP contribution in [0, 0.1) is 6.92 Å². The lowest BCUT2D eigenvalue weighted by atomic mass is 10.1. The molecule has 1 aromatic carbocycles. The lowest BCUT2D eigenvalue weighted by Crippen LogP contribution is -2.12. The Morgan fingerprint density at radius 2 is 2.00 bits per heavy atom. The molecule has 7 heteroatoms. The number of aryl methyl sites for hydroxylation is 1. The van der Waals surface area contributed by atoms with Crippen LogP contribution < -0.4 is 10.1 Å². The number of hydrogen-bond acceptors (Lipinski definition) is 5. The SMILES string of the molecule is COc1ccc(-c2[nH]ncc2CNCc2nc(C)cs2)cc1.Cl. The van der Waals surface area contributed by atoms with E-state index in [2.05, 4.69) is 25.9 Å². The van der Waals surface area contributed by atoms with Gasteiger partial charge in [-0.2, -0.15) is 5.10 Å². The number of thiazole rings is 1. The summed E-state index contributed by atoms with van der Waals surface area (Å²) >= 11 is 1.68. The summed E-state index contributed by atoms with van der Waals surface area (Å²) in [6.07, 6.45) is 1.86. The highest BCUT2D eigenvalue weighted by Crippen LogP contribution is 2.23. The number of aromatic amines is 1. The van der Waals surface area contributed by atoms with E-state index in [9.17, 15) is 0 Å². The van der Waals surface area contributed by atoms with Crippen molar-refractivity contribution in [3.8, 4) is 17.0 Å². The number of rotatable bonds is 6. The average Bonchev–Trinajstić information content (AvgIpc) is 3.17. The largest absolute Gasteiger partial charge is 0.497 e. The highest BCUT2D eigenvalue weighted by atomic mass is 35.5. The summed E-state index contributed by atoms with van der Waals surface area (Å²) in [7, 11) is 1.67. The molecule has 0 aliphatic carbocycles. The quantitative estimate of drug-likeness (QED) is 0.713. The van der Waals surface area contributed by atoms with Crippen LogP contribution in [0.15, 0.2) is 35.8 Å². The van der Waals surface area contributed by atoms with Crippen molar-refractivity contribution in [1.82, 2.24) is 20.5 Å². The maximum absolute atomic E-state index is 5.19. The minimum Gasteiger partial charge on any atom is -0.497 e. The Labute approximate surface area is 145 Å². The summed E-state index contributed by atoms with van der Waals surface area (Å²) in [5.41, 5.74) is 4.34. The van der Waals surface area contributed by atoms with E-state index in [0.717, 1.165) is 46.4 Å². The molecule has 122 valence electrons. The molecule has 2 N–H and O–H groups in total. The van der Waals surface area contributed by atoms with Gasteiger partial charge in [-0.15, -0.1) is 23.7 Å². The molecule has 0 spiro atoms. The molecule has 2 aromatic heterocycles. The van der Waals surface area contributed by atoms with Crippen molar-refractivity contribution in [2.75, 3.05) is 7.11 Å². The molecule has 0 radical (unpaired) electrons. The van der Waals surface area contributed by atoms with Gasteiger partial charge in [0.15, 0.2) is 0 Å². The normalized spacial score (nSPS) is 10.3. The molecule has 0 aliphatic rings. The first kappa shape index (κ1) is 17.5. The number of aromatic nitrogens is 3. The third-order valence-corrected chi connectivity index (χ3v) is 4.32. The Balaban J connectivity index is 0.00000192. The van der Waals surface area contributed by atoms with E-state index in [0.29, 0.717) is 0 Å². The molecule has 0 amide bonds. The van der Waals surface area contributed by atoms with Crippen LogP contribution in [-0.2, 0) is 13.1 Å². The number of nitrogens with one attached hydrogen (secondary N) is 2. The van der Waals surface area contributed by atoms with Crippen LogP contribution in [-0.4, -0.2) is 22.3 Å². The summed E-state index contributed by atoms with van der Waals surface area (Å²) in [4.78, 5) is 4.45. The minimum atomic E-state index is 0. The molecule has 2 heterocycles. The number of hydrogen-bond donors (Lipinski definition) is 2. The number of ether oxygens (including phenoxy) is 1. The highest BCUT2D eigenvalue weighted by molar-refractivity contribution is 7.09. The zero-order valence-electron chi connectivity index (χ0n) is 13.0. The van der Waals surface area contributed by atoms with Crippen LogP contribution >= 0.6 is 23.7 Å². The van der Waals surface area contributed by atoms with Crippen LogP contribution in [0.5, 0.6) is 5.75 Å². The molecule has 0 atom stereocenters. The van der Waals surface area contributed by atoms with Gasteiger partial charge in [-0.05, 0) is 31.2 Å². The van der Waals surface area contributed by atoms with Gasteiger partial charge in [-0.3, -0.25) is 5.10 Å². The van der Waals surface area contributed by atoms with Gasteiger partial charge in [0.1, 0.15) is 10.8 Å². The Morgan fingerprint density at radius 3 is 2.65 bits per heavy atom. The number of H-pyrrole nitrogens is 1. The third-order valence-electron chi connectivity index (χ3n) is 3.35. The van der Waals surface area contributed by atoms with E-state index >= 15 is 0 Å². The van der Waals surface area contributed by atoms with E-state index in [-0.39, 0.29) is 12.4 Å². The van der Waals surface area contributed by atoms with Crippen LogP contribution in [0.25, 0.3) is 11.3 Å². The van der Waals surface area contributed by atoms with Crippen molar-refractivity contribution in [3.05, 3.63) is 52.1 Å². The summed E-state index contributed by atoms with van der Waals surface area (Å²) in [5, 5.41) is 13.8. The highest BCUT2D eigenvalue weighted by Gasteiger charge is 2.08. The van der Waals surface area contributed by atoms with E-state index in [1.54, 1.807) is 18.4 Å². The fourth-order valence-corrected chi connectivity index (χ4v) is 2.98. The third kappa shape index (κ3) is 4.31. The Hall–Kier alpha value is -1.89. The second-order valence-corrected chi connectivity index (χ2v) is 5.93. The summed E-state index contributed by atoms with van der Waals surface area (Å²) in [6.45, 7) is 3.53. The standard InChI is InChI=1S/C16H18N4OS.ClH/c1-11-10-22-15(19-11)9-17-7-13-8-18-20-16(13)12-3-5-14(21-2)6-4-12;/h3-6,8,10,17H,7,9H2,1-2H3,(H,18,20);1H. The van der Waals surface area contributed by atoms with Gasteiger partial charge in [0, 0.05) is 35.3 Å². The van der Waals surface area contributed by atoms with Gasteiger partial charge in [0.05, 0.1) is 19.0 Å². The molecule has 0 bridgehead atoms. The molecular formula is C16H19ClN4OS. The lowest BCUT2D eigenvalue weighted by Gasteiger charge is -2.06. The molecule has 0 fully saturated rings. The Kier molecular flexibility index (Phi) is 6.15. The molecule has 5 nitrogen and oxygen atoms in total. The molecule has 23 heavy (non-hydrogen) atoms. The van der Waals surface area contributed by atoms with Crippen molar-refractivity contribution in [1.29, 1.82) is 0 Å². The number of methoxy groups -OCH3 is 1. The predicted molar refractivity (Wildman–Crippen MR) is 95.2 cm³/mol. The Bertz CT molecular complexity index is 739.